The highest BCUT2D eigenvalue weighted by Gasteiger charge is 2.32. The average Bonchev–Trinajstić information content (AvgIpc) is 2.67. The van der Waals surface area contributed by atoms with Crippen molar-refractivity contribution in [3.05, 3.63) is 52.0 Å². The van der Waals surface area contributed by atoms with Crippen LogP contribution in [-0.4, -0.2) is 38.8 Å². The van der Waals surface area contributed by atoms with E-state index in [0.29, 0.717) is 25.3 Å². The van der Waals surface area contributed by atoms with Crippen molar-refractivity contribution in [3.8, 4) is 5.75 Å². The van der Waals surface area contributed by atoms with Crippen LogP contribution in [0.15, 0.2) is 36.4 Å². The van der Waals surface area contributed by atoms with Crippen LogP contribution < -0.4 is 15.0 Å². The van der Waals surface area contributed by atoms with Crippen LogP contribution in [0.1, 0.15) is 24.3 Å². The molecule has 1 fully saturated rings. The van der Waals surface area contributed by atoms with Gasteiger partial charge in [0.2, 0.25) is 0 Å². The molecule has 0 saturated carbocycles. The molecule has 0 unspecified atom stereocenters. The smallest absolute Gasteiger partial charge is 0.305 e. The molecule has 5 nitrogen and oxygen atoms in total. The van der Waals surface area contributed by atoms with E-state index in [4.69, 9.17) is 27.9 Å². The fraction of sp³-hybridized carbons (Fsp3) is 0.381. The number of nitrogens with zero attached hydrogens (tertiary/aromatic N) is 1. The van der Waals surface area contributed by atoms with Crippen LogP contribution in [0, 0.1) is 0 Å². The van der Waals surface area contributed by atoms with Gasteiger partial charge in [0.15, 0.2) is 0 Å². The molecule has 28 heavy (non-hydrogen) atoms. The monoisotopic (exact) mass is 420 g/mol. The van der Waals surface area contributed by atoms with Crippen LogP contribution in [0.3, 0.4) is 0 Å². The number of esters is 1. The summed E-state index contributed by atoms with van der Waals surface area (Å²) in [6.45, 7) is 2.43. The molecule has 2 aliphatic heterocycles. The SMILES string of the molecule is COC(=O)CC[C@H]1CNc2cc(N3CC(c4c(Cl)cccc4Cl)C3)ccc2O1. The molecule has 0 bridgehead atoms. The van der Waals surface area contributed by atoms with E-state index in [0.717, 1.165) is 45.8 Å². The Kier molecular flexibility index (Phi) is 5.56. The lowest BCUT2D eigenvalue weighted by Gasteiger charge is -2.42. The van der Waals surface area contributed by atoms with Gasteiger partial charge in [-0.25, -0.2) is 0 Å². The van der Waals surface area contributed by atoms with Crippen molar-refractivity contribution in [2.45, 2.75) is 24.9 Å². The van der Waals surface area contributed by atoms with Gasteiger partial charge in [0.1, 0.15) is 11.9 Å². The normalized spacial score (nSPS) is 18.5. The maximum Gasteiger partial charge on any atom is 0.305 e. The van der Waals surface area contributed by atoms with Crippen molar-refractivity contribution < 1.29 is 14.3 Å². The summed E-state index contributed by atoms with van der Waals surface area (Å²) in [5.41, 5.74) is 3.16. The van der Waals surface area contributed by atoms with Crippen molar-refractivity contribution >= 4 is 40.5 Å². The molecule has 0 spiro atoms. The fourth-order valence-electron chi connectivity index (χ4n) is 3.72. The van der Waals surface area contributed by atoms with Crippen molar-refractivity contribution in [2.24, 2.45) is 0 Å². The van der Waals surface area contributed by atoms with E-state index < -0.39 is 0 Å². The summed E-state index contributed by atoms with van der Waals surface area (Å²) in [6, 6.07) is 11.8. The van der Waals surface area contributed by atoms with Crippen molar-refractivity contribution in [1.29, 1.82) is 0 Å². The lowest BCUT2D eigenvalue weighted by molar-refractivity contribution is -0.141. The highest BCUT2D eigenvalue weighted by atomic mass is 35.5. The number of fused-ring (bicyclic) bond motifs is 1. The van der Waals surface area contributed by atoms with Gasteiger partial charge in [0, 0.05) is 41.2 Å². The molecule has 1 atom stereocenters. The van der Waals surface area contributed by atoms with Gasteiger partial charge in [0.25, 0.3) is 0 Å². The number of carbonyl (C=O) groups is 1. The van der Waals surface area contributed by atoms with E-state index in [-0.39, 0.29) is 12.1 Å². The fourth-order valence-corrected chi connectivity index (χ4v) is 4.42. The van der Waals surface area contributed by atoms with Gasteiger partial charge >= 0.3 is 5.97 Å². The second-order valence-corrected chi connectivity index (χ2v) is 7.97. The summed E-state index contributed by atoms with van der Waals surface area (Å²) in [6.07, 6.45) is 0.955. The first-order chi connectivity index (χ1) is 13.5. The second-order valence-electron chi connectivity index (χ2n) is 7.15. The van der Waals surface area contributed by atoms with Crippen LogP contribution in [0.4, 0.5) is 11.4 Å². The van der Waals surface area contributed by atoms with E-state index in [9.17, 15) is 4.79 Å². The van der Waals surface area contributed by atoms with Gasteiger partial charge in [0.05, 0.1) is 19.3 Å². The Hall–Kier alpha value is -2.11. The topological polar surface area (TPSA) is 50.8 Å². The largest absolute Gasteiger partial charge is 0.486 e. The number of ether oxygens (including phenoxy) is 2. The maximum absolute atomic E-state index is 11.3. The van der Waals surface area contributed by atoms with Crippen molar-refractivity contribution in [2.75, 3.05) is 37.0 Å². The summed E-state index contributed by atoms with van der Waals surface area (Å²) >= 11 is 12.7. The third kappa shape index (κ3) is 3.87. The number of rotatable bonds is 5. The molecule has 1 saturated heterocycles. The first-order valence-corrected chi connectivity index (χ1v) is 10.1. The van der Waals surface area contributed by atoms with E-state index in [1.165, 1.54) is 7.11 Å². The Morgan fingerprint density at radius 1 is 1.25 bits per heavy atom. The van der Waals surface area contributed by atoms with Gasteiger partial charge in [-0.2, -0.15) is 0 Å². The van der Waals surface area contributed by atoms with E-state index >= 15 is 0 Å². The number of halogens is 2. The lowest BCUT2D eigenvalue weighted by Crippen LogP contribution is -2.45. The van der Waals surface area contributed by atoms with Gasteiger partial charge < -0.3 is 19.7 Å². The molecule has 0 radical (unpaired) electrons. The molecule has 148 valence electrons. The third-order valence-corrected chi connectivity index (χ3v) is 5.99. The number of anilines is 2. The highest BCUT2D eigenvalue weighted by molar-refractivity contribution is 6.36. The highest BCUT2D eigenvalue weighted by Crippen LogP contribution is 2.41. The quantitative estimate of drug-likeness (QED) is 0.708. The Bertz CT molecular complexity index is 864. The van der Waals surface area contributed by atoms with Crippen LogP contribution in [0.25, 0.3) is 0 Å². The molecular formula is C21H22Cl2N2O3. The van der Waals surface area contributed by atoms with E-state index in [1.54, 1.807) is 0 Å². The molecule has 2 aliphatic rings. The summed E-state index contributed by atoms with van der Waals surface area (Å²) in [7, 11) is 1.40. The zero-order chi connectivity index (χ0) is 19.7. The number of hydrogen-bond donors (Lipinski definition) is 1. The maximum atomic E-state index is 11.3. The summed E-state index contributed by atoms with van der Waals surface area (Å²) < 4.78 is 10.7. The predicted molar refractivity (Wildman–Crippen MR) is 112 cm³/mol. The molecule has 0 amide bonds. The number of hydrogen-bond acceptors (Lipinski definition) is 5. The summed E-state index contributed by atoms with van der Waals surface area (Å²) in [5.74, 6) is 0.941. The number of methoxy groups -OCH3 is 1. The molecule has 2 aromatic rings. The van der Waals surface area contributed by atoms with Crippen molar-refractivity contribution in [1.82, 2.24) is 0 Å². The zero-order valence-electron chi connectivity index (χ0n) is 15.6. The molecule has 4 rings (SSSR count). The molecule has 0 aromatic heterocycles. The van der Waals surface area contributed by atoms with Gasteiger partial charge in [-0.1, -0.05) is 29.3 Å². The van der Waals surface area contributed by atoms with Gasteiger partial charge in [-0.05, 0) is 42.3 Å². The lowest BCUT2D eigenvalue weighted by atomic mass is 9.90. The predicted octanol–water partition coefficient (Wildman–Crippen LogP) is 4.72. The first kappa shape index (κ1) is 19.2. The molecule has 1 N–H and O–H groups in total. The minimum atomic E-state index is -0.212. The summed E-state index contributed by atoms with van der Waals surface area (Å²) in [4.78, 5) is 13.6. The molecule has 0 aliphatic carbocycles. The minimum absolute atomic E-state index is 0.0341. The minimum Gasteiger partial charge on any atom is -0.486 e. The van der Waals surface area contributed by atoms with Crippen molar-refractivity contribution in [3.63, 3.8) is 0 Å². The Balaban J connectivity index is 1.38. The molecule has 7 heteroatoms. The number of benzene rings is 2. The average molecular weight is 421 g/mol. The molecule has 2 heterocycles. The van der Waals surface area contributed by atoms with Crippen LogP contribution in [0.2, 0.25) is 10.0 Å². The third-order valence-electron chi connectivity index (χ3n) is 5.33. The second kappa shape index (κ2) is 8.10. The Morgan fingerprint density at radius 3 is 2.71 bits per heavy atom. The number of carbonyl (C=O) groups excluding carboxylic acids is 1. The van der Waals surface area contributed by atoms with Crippen LogP contribution in [0.5, 0.6) is 5.75 Å². The summed E-state index contributed by atoms with van der Waals surface area (Å²) in [5, 5.41) is 4.88. The number of nitrogens with one attached hydrogen (secondary N) is 1. The molecular weight excluding hydrogens is 399 g/mol. The standard InChI is InChI=1S/C21H22Cl2N2O3/c1-27-20(26)8-6-15-10-24-18-9-14(5-7-19(18)28-15)25-11-13(12-25)21-16(22)3-2-4-17(21)23/h2-5,7,9,13,15,24H,6,8,10-12H2,1H3/t15-/m0/s1. The molecule has 2 aromatic carbocycles. The van der Waals surface area contributed by atoms with Crippen LogP contribution >= 0.6 is 23.2 Å². The van der Waals surface area contributed by atoms with Gasteiger partial charge in [-0.3, -0.25) is 4.79 Å². The van der Waals surface area contributed by atoms with Crippen LogP contribution in [-0.2, 0) is 9.53 Å². The Labute approximate surface area is 174 Å². The Morgan fingerprint density at radius 2 is 2.00 bits per heavy atom. The van der Waals surface area contributed by atoms with E-state index in [2.05, 4.69) is 27.1 Å². The van der Waals surface area contributed by atoms with Gasteiger partial charge in [-0.15, -0.1) is 0 Å². The zero-order valence-corrected chi connectivity index (χ0v) is 17.1. The van der Waals surface area contributed by atoms with E-state index in [1.807, 2.05) is 24.3 Å². The first-order valence-electron chi connectivity index (χ1n) is 9.35.